The average molecular weight is 565 g/mol. The predicted molar refractivity (Wildman–Crippen MR) is 149 cm³/mol. The highest BCUT2D eigenvalue weighted by Gasteiger charge is 2.14. The summed E-state index contributed by atoms with van der Waals surface area (Å²) in [6.07, 6.45) is 5.88. The van der Waals surface area contributed by atoms with Crippen LogP contribution in [0.5, 0.6) is 0 Å². The summed E-state index contributed by atoms with van der Waals surface area (Å²) in [4.78, 5) is 31.6. The Kier molecular flexibility index (Phi) is 12.4. The lowest BCUT2D eigenvalue weighted by molar-refractivity contribution is -0.125. The first kappa shape index (κ1) is 30.5. The number of hydrogen-bond acceptors (Lipinski definition) is 5. The van der Waals surface area contributed by atoms with Gasteiger partial charge in [0.15, 0.2) is 6.29 Å². The fourth-order valence-corrected chi connectivity index (χ4v) is 3.79. The van der Waals surface area contributed by atoms with Gasteiger partial charge in [0.25, 0.3) is 0 Å². The number of anilines is 2. The molecular formula is C26H28Cl2F2N6O2. The smallest absolute Gasteiger partial charge is 0.247 e. The van der Waals surface area contributed by atoms with Crippen LogP contribution in [-0.4, -0.2) is 61.1 Å². The van der Waals surface area contributed by atoms with E-state index >= 15 is 0 Å². The van der Waals surface area contributed by atoms with Gasteiger partial charge < -0.3 is 15.1 Å². The Bertz CT molecular complexity index is 1250. The SMILES string of the molecule is C=CC(=O)N(CCCc1c(F)ccc(Cl)c1Cl)CNc1ccc(N=CN(C)c2ccn[nH]2)c(C=O)c1.CF. The summed E-state index contributed by atoms with van der Waals surface area (Å²) in [7, 11) is 2.30. The molecular weight excluding hydrogens is 537 g/mol. The van der Waals surface area contributed by atoms with Gasteiger partial charge in [-0.1, -0.05) is 29.8 Å². The summed E-state index contributed by atoms with van der Waals surface area (Å²) < 4.78 is 23.6. The minimum atomic E-state index is -0.441. The van der Waals surface area contributed by atoms with Crippen LogP contribution in [0.1, 0.15) is 22.3 Å². The highest BCUT2D eigenvalue weighted by molar-refractivity contribution is 6.42. The van der Waals surface area contributed by atoms with Gasteiger partial charge in [-0.15, -0.1) is 0 Å². The molecule has 3 rings (SSSR count). The number of alkyl halides is 1. The molecule has 2 aromatic carbocycles. The van der Waals surface area contributed by atoms with Gasteiger partial charge in [-0.05, 0) is 49.2 Å². The molecule has 2 N–H and O–H groups in total. The molecule has 1 amide bonds. The molecule has 1 aromatic heterocycles. The van der Waals surface area contributed by atoms with Crippen molar-refractivity contribution in [2.24, 2.45) is 4.99 Å². The van der Waals surface area contributed by atoms with Gasteiger partial charge in [-0.25, -0.2) is 9.38 Å². The number of aromatic nitrogens is 2. The van der Waals surface area contributed by atoms with Crippen LogP contribution in [0, 0.1) is 5.82 Å². The number of hydrogen-bond donors (Lipinski definition) is 2. The number of benzene rings is 2. The highest BCUT2D eigenvalue weighted by Crippen LogP contribution is 2.29. The van der Waals surface area contributed by atoms with Crippen LogP contribution < -0.4 is 10.2 Å². The van der Waals surface area contributed by atoms with Crippen molar-refractivity contribution in [1.82, 2.24) is 15.1 Å². The number of carbonyl (C=O) groups is 2. The van der Waals surface area contributed by atoms with Crippen molar-refractivity contribution in [3.8, 4) is 0 Å². The molecule has 0 spiro atoms. The number of halogens is 4. The maximum atomic E-state index is 14.1. The number of aliphatic imine (C=N–C) groups is 1. The Hall–Kier alpha value is -3.76. The summed E-state index contributed by atoms with van der Waals surface area (Å²) in [5.74, 6) is 0.0138. The van der Waals surface area contributed by atoms with Crippen molar-refractivity contribution in [3.05, 3.63) is 82.2 Å². The first-order valence-electron chi connectivity index (χ1n) is 11.3. The normalized spacial score (nSPS) is 10.5. The first-order valence-corrected chi connectivity index (χ1v) is 12.1. The molecule has 0 fully saturated rings. The lowest BCUT2D eigenvalue weighted by Gasteiger charge is -2.22. The van der Waals surface area contributed by atoms with E-state index in [-0.39, 0.29) is 22.6 Å². The molecule has 0 aliphatic rings. The van der Waals surface area contributed by atoms with Crippen molar-refractivity contribution in [2.75, 3.05) is 37.7 Å². The monoisotopic (exact) mass is 564 g/mol. The molecule has 0 aliphatic heterocycles. The zero-order chi connectivity index (χ0) is 28.1. The van der Waals surface area contributed by atoms with Crippen LogP contribution in [0.4, 0.5) is 26.0 Å². The molecule has 0 radical (unpaired) electrons. The molecule has 0 saturated heterocycles. The van der Waals surface area contributed by atoms with Crippen LogP contribution in [0.2, 0.25) is 10.0 Å². The standard InChI is InChI=1S/C25H25Cl2FN6O2.CH3F/c1-3-24(36)34(12-4-5-19-21(28)8-7-20(26)25(19)27)16-29-18-6-9-22(17(13-18)14-35)30-15-33(2)23-10-11-31-32-23;1-2/h3,6-11,13-15,29H,1,4-5,12,16H2,2H3,(H,31,32);1H3. The Balaban J connectivity index is 0.00000247. The van der Waals surface area contributed by atoms with Gasteiger partial charge in [-0.3, -0.25) is 19.1 Å². The van der Waals surface area contributed by atoms with E-state index in [1.54, 1.807) is 48.7 Å². The van der Waals surface area contributed by atoms with Crippen LogP contribution in [0.15, 0.2) is 60.2 Å². The molecule has 202 valence electrons. The molecule has 12 heteroatoms. The lowest BCUT2D eigenvalue weighted by atomic mass is 10.1. The topological polar surface area (TPSA) is 93.7 Å². The summed E-state index contributed by atoms with van der Waals surface area (Å²) in [6, 6.07) is 9.57. The molecule has 3 aromatic rings. The van der Waals surface area contributed by atoms with Crippen molar-refractivity contribution in [1.29, 1.82) is 0 Å². The largest absolute Gasteiger partial charge is 0.368 e. The Morgan fingerprint density at radius 1 is 1.24 bits per heavy atom. The number of carbonyl (C=O) groups excluding carboxylic acids is 2. The van der Waals surface area contributed by atoms with E-state index in [0.717, 1.165) is 5.82 Å². The van der Waals surface area contributed by atoms with Crippen molar-refractivity contribution < 1.29 is 18.4 Å². The van der Waals surface area contributed by atoms with E-state index in [9.17, 15) is 18.4 Å². The molecule has 0 atom stereocenters. The van der Waals surface area contributed by atoms with E-state index in [0.29, 0.717) is 55.4 Å². The zero-order valence-electron chi connectivity index (χ0n) is 20.9. The third-order valence-electron chi connectivity index (χ3n) is 5.34. The molecule has 38 heavy (non-hydrogen) atoms. The van der Waals surface area contributed by atoms with Gasteiger partial charge in [0.1, 0.15) is 11.6 Å². The van der Waals surface area contributed by atoms with Crippen LogP contribution in [0.3, 0.4) is 0 Å². The molecule has 0 bridgehead atoms. The number of nitrogens with one attached hydrogen (secondary N) is 2. The maximum Gasteiger partial charge on any atom is 0.247 e. The number of rotatable bonds is 12. The number of aromatic amines is 1. The molecule has 1 heterocycles. The Morgan fingerprint density at radius 3 is 2.66 bits per heavy atom. The van der Waals surface area contributed by atoms with Crippen molar-refractivity contribution in [3.63, 3.8) is 0 Å². The maximum absolute atomic E-state index is 14.1. The highest BCUT2D eigenvalue weighted by atomic mass is 35.5. The van der Waals surface area contributed by atoms with Gasteiger partial charge >= 0.3 is 0 Å². The van der Waals surface area contributed by atoms with Crippen LogP contribution in [0.25, 0.3) is 0 Å². The summed E-state index contributed by atoms with van der Waals surface area (Å²) in [5.41, 5.74) is 1.81. The predicted octanol–water partition coefficient (Wildman–Crippen LogP) is 6.07. The van der Waals surface area contributed by atoms with Crippen molar-refractivity contribution >= 4 is 58.9 Å². The second-order valence-corrected chi connectivity index (χ2v) is 8.54. The van der Waals surface area contributed by atoms with Gasteiger partial charge in [0.05, 0.1) is 42.1 Å². The fourth-order valence-electron chi connectivity index (χ4n) is 3.36. The summed E-state index contributed by atoms with van der Waals surface area (Å²) >= 11 is 12.1. The summed E-state index contributed by atoms with van der Waals surface area (Å²) in [6.45, 7) is 4.02. The quantitative estimate of drug-likeness (QED) is 0.0695. The number of nitrogens with zero attached hydrogens (tertiary/aromatic N) is 4. The van der Waals surface area contributed by atoms with E-state index in [1.165, 1.54) is 23.1 Å². The zero-order valence-corrected chi connectivity index (χ0v) is 22.4. The second-order valence-electron chi connectivity index (χ2n) is 7.75. The molecule has 0 aliphatic carbocycles. The Morgan fingerprint density at radius 2 is 2.00 bits per heavy atom. The minimum Gasteiger partial charge on any atom is -0.368 e. The second kappa shape index (κ2) is 15.5. The van der Waals surface area contributed by atoms with E-state index in [2.05, 4.69) is 27.1 Å². The van der Waals surface area contributed by atoms with Crippen molar-refractivity contribution in [2.45, 2.75) is 12.8 Å². The fraction of sp³-hybridized carbons (Fsp3) is 0.231. The Labute approximate surface area is 229 Å². The van der Waals surface area contributed by atoms with E-state index in [1.807, 2.05) is 0 Å². The van der Waals surface area contributed by atoms with Gasteiger partial charge in [0, 0.05) is 36.5 Å². The number of amides is 1. The third-order valence-corrected chi connectivity index (χ3v) is 6.19. The number of H-pyrrole nitrogens is 1. The van der Waals surface area contributed by atoms with Gasteiger partial charge in [0.2, 0.25) is 5.91 Å². The minimum absolute atomic E-state index is 0.153. The molecule has 0 saturated carbocycles. The molecule has 8 nitrogen and oxygen atoms in total. The van der Waals surface area contributed by atoms with Crippen LogP contribution in [-0.2, 0) is 11.2 Å². The average Bonchev–Trinajstić information content (AvgIpc) is 3.49. The van der Waals surface area contributed by atoms with E-state index < -0.39 is 5.82 Å². The number of aldehydes is 1. The summed E-state index contributed by atoms with van der Waals surface area (Å²) in [5, 5.41) is 10.3. The first-order chi connectivity index (χ1) is 18.3. The van der Waals surface area contributed by atoms with Crippen LogP contribution >= 0.6 is 23.2 Å². The lowest BCUT2D eigenvalue weighted by Crippen LogP contribution is -2.35. The van der Waals surface area contributed by atoms with E-state index in [4.69, 9.17) is 23.2 Å². The molecule has 0 unspecified atom stereocenters. The third kappa shape index (κ3) is 8.39. The van der Waals surface area contributed by atoms with Gasteiger partial charge in [-0.2, -0.15) is 5.10 Å².